The predicted molar refractivity (Wildman–Crippen MR) is 62.5 cm³/mol. The van der Waals surface area contributed by atoms with E-state index in [-0.39, 0.29) is 12.4 Å². The Hall–Kier alpha value is -1.48. The van der Waals surface area contributed by atoms with Crippen LogP contribution in [0.1, 0.15) is 25.0 Å². The lowest BCUT2D eigenvalue weighted by Crippen LogP contribution is -1.96. The van der Waals surface area contributed by atoms with Crippen molar-refractivity contribution < 1.29 is 9.50 Å². The minimum Gasteiger partial charge on any atom is -0.392 e. The summed E-state index contributed by atoms with van der Waals surface area (Å²) in [6.07, 6.45) is 7.28. The SMILES string of the molecule is C/C=C(\C=C(/C)F)Cc1cnccc1CO. The maximum absolute atomic E-state index is 12.8. The first-order valence-electron chi connectivity index (χ1n) is 5.19. The maximum Gasteiger partial charge on any atom is 0.0971 e. The Balaban J connectivity index is 2.91. The van der Waals surface area contributed by atoms with E-state index in [9.17, 15) is 4.39 Å². The van der Waals surface area contributed by atoms with Gasteiger partial charge >= 0.3 is 0 Å². The number of allylic oxidation sites excluding steroid dienone is 4. The van der Waals surface area contributed by atoms with Gasteiger partial charge < -0.3 is 5.11 Å². The van der Waals surface area contributed by atoms with Gasteiger partial charge in [-0.25, -0.2) is 4.39 Å². The lowest BCUT2D eigenvalue weighted by Gasteiger charge is -2.07. The number of hydrogen-bond acceptors (Lipinski definition) is 2. The van der Waals surface area contributed by atoms with Crippen molar-refractivity contribution in [3.05, 3.63) is 53.1 Å². The van der Waals surface area contributed by atoms with E-state index in [0.717, 1.165) is 16.7 Å². The van der Waals surface area contributed by atoms with Crippen molar-refractivity contribution in [1.82, 2.24) is 4.98 Å². The van der Waals surface area contributed by atoms with Crippen LogP contribution >= 0.6 is 0 Å². The Labute approximate surface area is 95.2 Å². The maximum atomic E-state index is 12.8. The lowest BCUT2D eigenvalue weighted by molar-refractivity contribution is 0.280. The lowest BCUT2D eigenvalue weighted by atomic mass is 10.0. The quantitative estimate of drug-likeness (QED) is 0.793. The van der Waals surface area contributed by atoms with Crippen LogP contribution in [0.15, 0.2) is 42.0 Å². The fraction of sp³-hybridized carbons (Fsp3) is 0.308. The number of nitrogens with zero attached hydrogens (tertiary/aromatic N) is 1. The molecular formula is C13H16FNO. The van der Waals surface area contributed by atoms with Crippen molar-refractivity contribution in [1.29, 1.82) is 0 Å². The van der Waals surface area contributed by atoms with Gasteiger partial charge in [0.05, 0.1) is 12.4 Å². The molecule has 0 saturated carbocycles. The highest BCUT2D eigenvalue weighted by Gasteiger charge is 2.03. The Morgan fingerprint density at radius 3 is 2.81 bits per heavy atom. The molecule has 0 aliphatic rings. The zero-order chi connectivity index (χ0) is 12.0. The van der Waals surface area contributed by atoms with Crippen LogP contribution in [0.3, 0.4) is 0 Å². The van der Waals surface area contributed by atoms with Gasteiger partial charge in [0.15, 0.2) is 0 Å². The average molecular weight is 221 g/mol. The summed E-state index contributed by atoms with van der Waals surface area (Å²) in [5, 5.41) is 9.15. The molecule has 1 N–H and O–H groups in total. The van der Waals surface area contributed by atoms with Crippen molar-refractivity contribution >= 4 is 0 Å². The van der Waals surface area contributed by atoms with Crippen LogP contribution in [0.2, 0.25) is 0 Å². The van der Waals surface area contributed by atoms with Crippen LogP contribution in [0.5, 0.6) is 0 Å². The minimum absolute atomic E-state index is 0.0207. The van der Waals surface area contributed by atoms with E-state index in [2.05, 4.69) is 4.98 Å². The monoisotopic (exact) mass is 221 g/mol. The molecule has 16 heavy (non-hydrogen) atoms. The number of aliphatic hydroxyl groups is 1. The van der Waals surface area contributed by atoms with E-state index in [1.54, 1.807) is 18.5 Å². The number of rotatable bonds is 4. The molecule has 1 aromatic heterocycles. The number of aliphatic hydroxyl groups excluding tert-OH is 1. The van der Waals surface area contributed by atoms with Crippen molar-refractivity contribution in [2.24, 2.45) is 0 Å². The second kappa shape index (κ2) is 6.18. The van der Waals surface area contributed by atoms with E-state index < -0.39 is 0 Å². The summed E-state index contributed by atoms with van der Waals surface area (Å²) in [6, 6.07) is 1.77. The number of halogens is 1. The molecule has 0 saturated heterocycles. The van der Waals surface area contributed by atoms with Crippen molar-refractivity contribution in [3.63, 3.8) is 0 Å². The van der Waals surface area contributed by atoms with E-state index in [0.29, 0.717) is 6.42 Å². The normalized spacial score (nSPS) is 13.0. The molecule has 86 valence electrons. The van der Waals surface area contributed by atoms with E-state index in [1.807, 2.05) is 13.0 Å². The van der Waals surface area contributed by atoms with Crippen LogP contribution in [0.25, 0.3) is 0 Å². The van der Waals surface area contributed by atoms with Gasteiger partial charge in [-0.05, 0) is 49.1 Å². The summed E-state index contributed by atoms with van der Waals surface area (Å²) < 4.78 is 12.8. The van der Waals surface area contributed by atoms with Crippen LogP contribution in [-0.2, 0) is 13.0 Å². The zero-order valence-electron chi connectivity index (χ0n) is 9.57. The summed E-state index contributed by atoms with van der Waals surface area (Å²) in [4.78, 5) is 4.01. The summed E-state index contributed by atoms with van der Waals surface area (Å²) >= 11 is 0. The molecule has 0 spiro atoms. The number of pyridine rings is 1. The van der Waals surface area contributed by atoms with Gasteiger partial charge in [-0.2, -0.15) is 0 Å². The molecule has 0 atom stereocenters. The molecular weight excluding hydrogens is 205 g/mol. The third-order valence-corrected chi connectivity index (χ3v) is 2.32. The molecule has 1 heterocycles. The van der Waals surface area contributed by atoms with Gasteiger partial charge in [0, 0.05) is 12.4 Å². The summed E-state index contributed by atoms with van der Waals surface area (Å²) in [5.41, 5.74) is 2.64. The number of aromatic nitrogens is 1. The van der Waals surface area contributed by atoms with Crippen LogP contribution < -0.4 is 0 Å². The largest absolute Gasteiger partial charge is 0.392 e. The minimum atomic E-state index is -0.220. The first-order chi connectivity index (χ1) is 7.67. The second-order valence-electron chi connectivity index (χ2n) is 3.57. The topological polar surface area (TPSA) is 33.1 Å². The molecule has 2 nitrogen and oxygen atoms in total. The van der Waals surface area contributed by atoms with Gasteiger partial charge in [0.1, 0.15) is 0 Å². The van der Waals surface area contributed by atoms with E-state index in [4.69, 9.17) is 5.11 Å². The molecule has 1 rings (SSSR count). The Morgan fingerprint density at radius 2 is 2.25 bits per heavy atom. The van der Waals surface area contributed by atoms with Crippen molar-refractivity contribution in [3.8, 4) is 0 Å². The smallest absolute Gasteiger partial charge is 0.0971 e. The fourth-order valence-electron chi connectivity index (χ4n) is 1.48. The second-order valence-corrected chi connectivity index (χ2v) is 3.57. The third kappa shape index (κ3) is 3.59. The molecule has 1 aromatic rings. The predicted octanol–water partition coefficient (Wildman–Crippen LogP) is 2.94. The van der Waals surface area contributed by atoms with E-state index >= 15 is 0 Å². The Kier molecular flexibility index (Phi) is 4.86. The molecule has 3 heteroatoms. The average Bonchev–Trinajstić information content (AvgIpc) is 2.28. The van der Waals surface area contributed by atoms with Gasteiger partial charge in [-0.15, -0.1) is 0 Å². The standard InChI is InChI=1S/C13H16FNO/c1-3-11(6-10(2)14)7-13-8-15-5-4-12(13)9-16/h3-6,8,16H,7,9H2,1-2H3/b10-6+,11-3+. The summed E-state index contributed by atoms with van der Waals surface area (Å²) in [6.45, 7) is 3.26. The molecule has 0 aliphatic carbocycles. The zero-order valence-corrected chi connectivity index (χ0v) is 9.57. The molecule has 0 aliphatic heterocycles. The molecule has 0 radical (unpaired) electrons. The van der Waals surface area contributed by atoms with Crippen molar-refractivity contribution in [2.75, 3.05) is 0 Å². The first-order valence-corrected chi connectivity index (χ1v) is 5.19. The molecule has 0 bridgehead atoms. The summed E-state index contributed by atoms with van der Waals surface area (Å²) in [7, 11) is 0. The molecule has 0 amide bonds. The number of hydrogen-bond donors (Lipinski definition) is 1. The molecule has 0 fully saturated rings. The molecule has 0 aromatic carbocycles. The van der Waals surface area contributed by atoms with Crippen LogP contribution in [0, 0.1) is 0 Å². The highest BCUT2D eigenvalue weighted by Crippen LogP contribution is 2.15. The first kappa shape index (κ1) is 12.6. The van der Waals surface area contributed by atoms with Crippen LogP contribution in [0.4, 0.5) is 4.39 Å². The molecule has 0 unspecified atom stereocenters. The van der Waals surface area contributed by atoms with Gasteiger partial charge in [-0.3, -0.25) is 4.98 Å². The Bertz CT molecular complexity index is 406. The fourth-order valence-corrected chi connectivity index (χ4v) is 1.48. The van der Waals surface area contributed by atoms with Gasteiger partial charge in [-0.1, -0.05) is 6.08 Å². The highest BCUT2D eigenvalue weighted by molar-refractivity contribution is 5.32. The highest BCUT2D eigenvalue weighted by atomic mass is 19.1. The van der Waals surface area contributed by atoms with Gasteiger partial charge in [0.25, 0.3) is 0 Å². The summed E-state index contributed by atoms with van der Waals surface area (Å²) in [5.74, 6) is -0.220. The van der Waals surface area contributed by atoms with Crippen LogP contribution in [-0.4, -0.2) is 10.1 Å². The van der Waals surface area contributed by atoms with Crippen molar-refractivity contribution in [2.45, 2.75) is 26.9 Å². The Morgan fingerprint density at radius 1 is 1.50 bits per heavy atom. The third-order valence-electron chi connectivity index (χ3n) is 2.32. The van der Waals surface area contributed by atoms with E-state index in [1.165, 1.54) is 13.0 Å². The van der Waals surface area contributed by atoms with Gasteiger partial charge in [0.2, 0.25) is 0 Å².